The van der Waals surface area contributed by atoms with Crippen LogP contribution in [0, 0.1) is 28.4 Å². The maximum Gasteiger partial charge on any atom is 0.270 e. The molecular weight excluding hydrogens is 234 g/mol. The lowest BCUT2D eigenvalue weighted by molar-refractivity contribution is -0.384. The quantitative estimate of drug-likeness (QED) is 0.649. The maximum absolute atomic E-state index is 11.9. The molecule has 0 aliphatic carbocycles. The van der Waals surface area contributed by atoms with Crippen LogP contribution in [0.2, 0.25) is 0 Å². The molecule has 0 fully saturated rings. The molecule has 0 saturated carbocycles. The maximum atomic E-state index is 11.9. The van der Waals surface area contributed by atoms with Crippen molar-refractivity contribution in [2.75, 3.05) is 0 Å². The Morgan fingerprint density at radius 3 is 2.83 bits per heavy atom. The Morgan fingerprint density at radius 1 is 1.61 bits per heavy atom. The fourth-order valence-corrected chi connectivity index (χ4v) is 1.46. The number of nitro benzene ring substituents is 1. The van der Waals surface area contributed by atoms with Crippen molar-refractivity contribution in [3.63, 3.8) is 0 Å². The van der Waals surface area contributed by atoms with Crippen LogP contribution in [0.15, 0.2) is 18.2 Å². The third-order valence-electron chi connectivity index (χ3n) is 2.45. The summed E-state index contributed by atoms with van der Waals surface area (Å²) in [5.74, 6) is -0.404. The van der Waals surface area contributed by atoms with E-state index in [2.05, 4.69) is 5.32 Å². The van der Waals surface area contributed by atoms with Gasteiger partial charge in [0.15, 0.2) is 0 Å². The van der Waals surface area contributed by atoms with Crippen molar-refractivity contribution in [1.82, 2.24) is 5.32 Å². The number of nitrogens with one attached hydrogen (secondary N) is 1. The predicted molar refractivity (Wildman–Crippen MR) is 65.0 cm³/mol. The lowest BCUT2D eigenvalue weighted by atomic mass is 10.1. The third kappa shape index (κ3) is 3.28. The van der Waals surface area contributed by atoms with Gasteiger partial charge in [-0.3, -0.25) is 14.9 Å². The molecule has 0 saturated heterocycles. The van der Waals surface area contributed by atoms with Crippen LogP contribution in [-0.2, 0) is 0 Å². The first-order valence-electron chi connectivity index (χ1n) is 5.38. The van der Waals surface area contributed by atoms with Crippen LogP contribution in [-0.4, -0.2) is 16.9 Å². The smallest absolute Gasteiger partial charge is 0.270 e. The lowest BCUT2D eigenvalue weighted by Crippen LogP contribution is -2.32. The summed E-state index contributed by atoms with van der Waals surface area (Å²) < 4.78 is 0. The summed E-state index contributed by atoms with van der Waals surface area (Å²) in [5.41, 5.74) is 0.787. The number of carbonyl (C=O) groups excluding carboxylic acids is 1. The van der Waals surface area contributed by atoms with E-state index in [9.17, 15) is 14.9 Å². The van der Waals surface area contributed by atoms with Gasteiger partial charge >= 0.3 is 0 Å². The SMILES string of the molecule is Cc1ccc([N+](=O)[O-])cc1C(=O)NC(C)CC#N. The minimum absolute atomic E-state index is 0.126. The zero-order chi connectivity index (χ0) is 13.7. The molecule has 6 nitrogen and oxygen atoms in total. The Balaban J connectivity index is 2.95. The van der Waals surface area contributed by atoms with E-state index in [0.717, 1.165) is 0 Å². The van der Waals surface area contributed by atoms with Crippen LogP contribution in [0.1, 0.15) is 29.3 Å². The van der Waals surface area contributed by atoms with Gasteiger partial charge in [-0.15, -0.1) is 0 Å². The average molecular weight is 247 g/mol. The summed E-state index contributed by atoms with van der Waals surface area (Å²) in [6.45, 7) is 3.40. The van der Waals surface area contributed by atoms with Gasteiger partial charge in [-0.2, -0.15) is 5.26 Å². The number of hydrogen-bond acceptors (Lipinski definition) is 4. The second kappa shape index (κ2) is 5.77. The molecule has 1 aromatic rings. The van der Waals surface area contributed by atoms with Crippen molar-refractivity contribution in [3.05, 3.63) is 39.4 Å². The van der Waals surface area contributed by atoms with Crippen LogP contribution in [0.5, 0.6) is 0 Å². The minimum Gasteiger partial charge on any atom is -0.349 e. The summed E-state index contributed by atoms with van der Waals surface area (Å²) in [6, 6.07) is 5.78. The second-order valence-electron chi connectivity index (χ2n) is 3.99. The molecule has 0 heterocycles. The van der Waals surface area contributed by atoms with Crippen molar-refractivity contribution in [3.8, 4) is 6.07 Å². The topological polar surface area (TPSA) is 96.0 Å². The van der Waals surface area contributed by atoms with Gasteiger partial charge in [0.05, 0.1) is 17.4 Å². The first-order chi connectivity index (χ1) is 8.45. The highest BCUT2D eigenvalue weighted by molar-refractivity contribution is 5.96. The molecule has 0 aliphatic heterocycles. The van der Waals surface area contributed by atoms with Gasteiger partial charge in [-0.25, -0.2) is 0 Å². The fraction of sp³-hybridized carbons (Fsp3) is 0.333. The highest BCUT2D eigenvalue weighted by Gasteiger charge is 2.16. The van der Waals surface area contributed by atoms with E-state index < -0.39 is 10.8 Å². The molecular formula is C12H13N3O3. The molecule has 1 rings (SSSR count). The average Bonchev–Trinajstić information content (AvgIpc) is 2.29. The number of aryl methyl sites for hydroxylation is 1. The van der Waals surface area contributed by atoms with E-state index in [0.29, 0.717) is 5.56 Å². The van der Waals surface area contributed by atoms with E-state index in [1.165, 1.54) is 18.2 Å². The molecule has 1 N–H and O–H groups in total. The van der Waals surface area contributed by atoms with Gasteiger partial charge in [0, 0.05) is 23.7 Å². The van der Waals surface area contributed by atoms with Gasteiger partial charge in [0.2, 0.25) is 0 Å². The number of carbonyl (C=O) groups is 1. The first kappa shape index (κ1) is 13.6. The standard InChI is InChI=1S/C12H13N3O3/c1-8-3-4-10(15(17)18)7-11(8)12(16)14-9(2)5-6-13/h3-4,7,9H,5H2,1-2H3,(H,14,16). The van der Waals surface area contributed by atoms with Crippen LogP contribution in [0.3, 0.4) is 0 Å². The van der Waals surface area contributed by atoms with E-state index in [1.54, 1.807) is 13.8 Å². The molecule has 0 spiro atoms. The molecule has 1 unspecified atom stereocenters. The van der Waals surface area contributed by atoms with Gasteiger partial charge < -0.3 is 5.32 Å². The number of nitrogens with zero attached hydrogens (tertiary/aromatic N) is 2. The number of amides is 1. The van der Waals surface area contributed by atoms with Gasteiger partial charge in [0.25, 0.3) is 11.6 Å². The molecule has 1 amide bonds. The summed E-state index contributed by atoms with van der Waals surface area (Å²) in [6.07, 6.45) is 0.194. The Bertz CT molecular complexity index is 520. The van der Waals surface area contributed by atoms with Crippen molar-refractivity contribution in [2.24, 2.45) is 0 Å². The van der Waals surface area contributed by atoms with Crippen LogP contribution in [0.4, 0.5) is 5.69 Å². The predicted octanol–water partition coefficient (Wildman–Crippen LogP) is 1.94. The number of nitro groups is 1. The van der Waals surface area contributed by atoms with E-state index in [-0.39, 0.29) is 23.7 Å². The van der Waals surface area contributed by atoms with Gasteiger partial charge in [0.1, 0.15) is 0 Å². The molecule has 1 aromatic carbocycles. The lowest BCUT2D eigenvalue weighted by Gasteiger charge is -2.11. The molecule has 6 heteroatoms. The first-order valence-corrected chi connectivity index (χ1v) is 5.38. The fourth-order valence-electron chi connectivity index (χ4n) is 1.46. The van der Waals surface area contributed by atoms with Crippen LogP contribution < -0.4 is 5.32 Å². The molecule has 1 atom stereocenters. The summed E-state index contributed by atoms with van der Waals surface area (Å²) in [4.78, 5) is 22.0. The van der Waals surface area contributed by atoms with Crippen LogP contribution in [0.25, 0.3) is 0 Å². The Kier molecular flexibility index (Phi) is 4.38. The Hall–Kier alpha value is -2.42. The van der Waals surface area contributed by atoms with Crippen molar-refractivity contribution in [2.45, 2.75) is 26.3 Å². The van der Waals surface area contributed by atoms with Gasteiger partial charge in [-0.1, -0.05) is 6.07 Å². The third-order valence-corrected chi connectivity index (χ3v) is 2.45. The van der Waals surface area contributed by atoms with E-state index in [4.69, 9.17) is 5.26 Å². The molecule has 0 radical (unpaired) electrons. The van der Waals surface area contributed by atoms with E-state index >= 15 is 0 Å². The molecule has 18 heavy (non-hydrogen) atoms. The largest absolute Gasteiger partial charge is 0.349 e. The Morgan fingerprint density at radius 2 is 2.28 bits per heavy atom. The summed E-state index contributed by atoms with van der Waals surface area (Å²) >= 11 is 0. The zero-order valence-electron chi connectivity index (χ0n) is 10.1. The highest BCUT2D eigenvalue weighted by Crippen LogP contribution is 2.17. The van der Waals surface area contributed by atoms with Crippen molar-refractivity contribution in [1.29, 1.82) is 5.26 Å². The summed E-state index contributed by atoms with van der Waals surface area (Å²) in [5, 5.41) is 21.8. The number of hydrogen-bond donors (Lipinski definition) is 1. The highest BCUT2D eigenvalue weighted by atomic mass is 16.6. The molecule has 0 bridgehead atoms. The normalized spacial score (nSPS) is 11.4. The van der Waals surface area contributed by atoms with Gasteiger partial charge in [-0.05, 0) is 19.4 Å². The molecule has 0 aliphatic rings. The van der Waals surface area contributed by atoms with Crippen LogP contribution >= 0.6 is 0 Å². The van der Waals surface area contributed by atoms with Crippen molar-refractivity contribution >= 4 is 11.6 Å². The number of rotatable bonds is 4. The van der Waals surface area contributed by atoms with E-state index in [1.807, 2.05) is 6.07 Å². The second-order valence-corrected chi connectivity index (χ2v) is 3.99. The minimum atomic E-state index is -0.547. The Labute approximate surface area is 104 Å². The monoisotopic (exact) mass is 247 g/mol. The number of benzene rings is 1. The number of nitriles is 1. The molecule has 94 valence electrons. The number of non-ortho nitro benzene ring substituents is 1. The molecule has 0 aromatic heterocycles. The summed E-state index contributed by atoms with van der Waals surface area (Å²) in [7, 11) is 0. The van der Waals surface area contributed by atoms with Crippen molar-refractivity contribution < 1.29 is 9.72 Å². The zero-order valence-corrected chi connectivity index (χ0v) is 10.1.